The summed E-state index contributed by atoms with van der Waals surface area (Å²) in [6.45, 7) is 0. The van der Waals surface area contributed by atoms with E-state index in [1.165, 1.54) is 11.8 Å². The van der Waals surface area contributed by atoms with Crippen LogP contribution in [0.5, 0.6) is 0 Å². The van der Waals surface area contributed by atoms with E-state index < -0.39 is 4.92 Å². The second kappa shape index (κ2) is 9.73. The highest BCUT2D eigenvalue weighted by atomic mass is 35.5. The van der Waals surface area contributed by atoms with Gasteiger partial charge in [0.15, 0.2) is 10.1 Å². The molecule has 1 N–H and O–H groups in total. The van der Waals surface area contributed by atoms with Crippen LogP contribution in [-0.2, 0) is 5.75 Å². The van der Waals surface area contributed by atoms with E-state index in [1.54, 1.807) is 12.1 Å². The van der Waals surface area contributed by atoms with E-state index in [4.69, 9.17) is 34.8 Å². The summed E-state index contributed by atoms with van der Waals surface area (Å²) >= 11 is 18.6. The van der Waals surface area contributed by atoms with Crippen molar-refractivity contribution in [2.75, 3.05) is 5.32 Å². The molecule has 0 atom stereocenters. The molecule has 0 fully saturated rings. The van der Waals surface area contributed by atoms with Crippen molar-refractivity contribution in [2.24, 2.45) is 0 Å². The van der Waals surface area contributed by atoms with Gasteiger partial charge >= 0.3 is 5.70 Å². The van der Waals surface area contributed by atoms with Gasteiger partial charge in [-0.2, -0.15) is 0 Å². The van der Waals surface area contributed by atoms with Gasteiger partial charge in [0.2, 0.25) is 0 Å². The monoisotopic (exact) mass is 414 g/mol. The third-order valence-electron chi connectivity index (χ3n) is 3.03. The number of rotatable bonds is 7. The Labute approximate surface area is 164 Å². The number of allylic oxidation sites excluding steroid dienone is 1. The molecule has 0 aliphatic carbocycles. The predicted molar refractivity (Wildman–Crippen MR) is 106 cm³/mol. The van der Waals surface area contributed by atoms with Gasteiger partial charge in [0.05, 0.1) is 4.92 Å². The number of nitrogens with zero attached hydrogens (tertiary/aromatic N) is 1. The van der Waals surface area contributed by atoms with Crippen LogP contribution in [0.25, 0.3) is 0 Å². The molecule has 0 saturated heterocycles. The first-order valence-corrected chi connectivity index (χ1v) is 9.19. The standard InChI is InChI=1S/C17H13Cl3N2O2S/c18-14(16(19)20)15(22(23)24)17(21-13-9-5-2-6-10-13)25-11-12-7-3-1-4-8-12/h1-10,21H,11H2/b17-15-. The maximum atomic E-state index is 11.5. The third kappa shape index (κ3) is 5.97. The lowest BCUT2D eigenvalue weighted by Gasteiger charge is -2.12. The van der Waals surface area contributed by atoms with E-state index in [9.17, 15) is 10.1 Å². The summed E-state index contributed by atoms with van der Waals surface area (Å²) in [6, 6.07) is 18.7. The quantitative estimate of drug-likeness (QED) is 0.324. The van der Waals surface area contributed by atoms with Crippen molar-refractivity contribution in [2.45, 2.75) is 5.75 Å². The van der Waals surface area contributed by atoms with Crippen LogP contribution in [0.15, 0.2) is 80.9 Å². The summed E-state index contributed by atoms with van der Waals surface area (Å²) in [4.78, 5) is 10.9. The number of nitrogens with one attached hydrogen (secondary N) is 1. The molecular weight excluding hydrogens is 403 g/mol. The molecule has 8 heteroatoms. The molecule has 0 saturated carbocycles. The van der Waals surface area contributed by atoms with Gasteiger partial charge < -0.3 is 5.32 Å². The summed E-state index contributed by atoms with van der Waals surface area (Å²) in [5, 5.41) is 14.5. The molecule has 25 heavy (non-hydrogen) atoms. The van der Waals surface area contributed by atoms with Crippen molar-refractivity contribution in [1.29, 1.82) is 0 Å². The Bertz CT molecular complexity index is 792. The van der Waals surface area contributed by atoms with Gasteiger partial charge in [-0.15, -0.1) is 0 Å². The fourth-order valence-electron chi connectivity index (χ4n) is 1.90. The molecule has 4 nitrogen and oxygen atoms in total. The number of halogens is 3. The van der Waals surface area contributed by atoms with Crippen LogP contribution >= 0.6 is 46.6 Å². The van der Waals surface area contributed by atoms with Gasteiger partial charge in [-0.25, -0.2) is 0 Å². The van der Waals surface area contributed by atoms with Gasteiger partial charge in [-0.1, -0.05) is 95.1 Å². The van der Waals surface area contributed by atoms with Gasteiger partial charge in [0, 0.05) is 11.4 Å². The van der Waals surface area contributed by atoms with E-state index in [2.05, 4.69) is 5.32 Å². The number of anilines is 1. The van der Waals surface area contributed by atoms with Gasteiger partial charge in [-0.3, -0.25) is 10.1 Å². The predicted octanol–water partition coefficient (Wildman–Crippen LogP) is 6.36. The molecule has 0 aromatic heterocycles. The Morgan fingerprint density at radius 3 is 2.08 bits per heavy atom. The first kappa shape index (κ1) is 19.7. The minimum Gasteiger partial charge on any atom is -0.345 e. The molecule has 2 aromatic rings. The second-order valence-corrected chi connectivity index (χ2v) is 7.09. The van der Waals surface area contributed by atoms with Crippen LogP contribution < -0.4 is 5.32 Å². The zero-order chi connectivity index (χ0) is 18.2. The number of thioether (sulfide) groups is 1. The van der Waals surface area contributed by atoms with Crippen LogP contribution in [0.2, 0.25) is 0 Å². The highest BCUT2D eigenvalue weighted by Crippen LogP contribution is 2.34. The lowest BCUT2D eigenvalue weighted by molar-refractivity contribution is -0.420. The van der Waals surface area contributed by atoms with Crippen LogP contribution in [0.1, 0.15) is 5.56 Å². The Morgan fingerprint density at radius 1 is 1.00 bits per heavy atom. The van der Waals surface area contributed by atoms with E-state index in [-0.39, 0.29) is 20.2 Å². The molecule has 130 valence electrons. The lowest BCUT2D eigenvalue weighted by atomic mass is 10.2. The van der Waals surface area contributed by atoms with Crippen molar-refractivity contribution in [1.82, 2.24) is 0 Å². The van der Waals surface area contributed by atoms with E-state index >= 15 is 0 Å². The van der Waals surface area contributed by atoms with Gasteiger partial charge in [-0.05, 0) is 17.7 Å². The van der Waals surface area contributed by atoms with Crippen molar-refractivity contribution < 1.29 is 4.92 Å². The Morgan fingerprint density at radius 2 is 1.56 bits per heavy atom. The van der Waals surface area contributed by atoms with Crippen molar-refractivity contribution >= 4 is 52.3 Å². The largest absolute Gasteiger partial charge is 0.345 e. The fourth-order valence-corrected chi connectivity index (χ4v) is 3.30. The fraction of sp³-hybridized carbons (Fsp3) is 0.0588. The van der Waals surface area contributed by atoms with Crippen LogP contribution in [0.4, 0.5) is 5.69 Å². The first-order valence-electron chi connectivity index (χ1n) is 7.07. The van der Waals surface area contributed by atoms with Gasteiger partial charge in [0.25, 0.3) is 0 Å². The number of benzene rings is 2. The van der Waals surface area contributed by atoms with E-state index in [0.29, 0.717) is 11.4 Å². The van der Waals surface area contributed by atoms with Crippen LogP contribution in [-0.4, -0.2) is 4.92 Å². The average Bonchev–Trinajstić information content (AvgIpc) is 2.61. The summed E-state index contributed by atoms with van der Waals surface area (Å²) in [7, 11) is 0. The second-order valence-electron chi connectivity index (χ2n) is 4.77. The molecule has 2 aromatic carbocycles. The van der Waals surface area contributed by atoms with Crippen LogP contribution in [0.3, 0.4) is 0 Å². The molecular formula is C17H13Cl3N2O2S. The molecule has 0 amide bonds. The lowest BCUT2D eigenvalue weighted by Crippen LogP contribution is -2.09. The number of hydrogen-bond donors (Lipinski definition) is 1. The average molecular weight is 416 g/mol. The smallest absolute Gasteiger partial charge is 0.320 e. The maximum absolute atomic E-state index is 11.5. The summed E-state index contributed by atoms with van der Waals surface area (Å²) in [5.74, 6) is 0.511. The molecule has 0 radical (unpaired) electrons. The zero-order valence-electron chi connectivity index (χ0n) is 12.8. The SMILES string of the molecule is O=[N+]([O-])/C(C(Cl)=C(Cl)Cl)=C(/Nc1ccccc1)SCc1ccccc1. The topological polar surface area (TPSA) is 55.2 Å². The number of hydrogen-bond acceptors (Lipinski definition) is 4. The highest BCUT2D eigenvalue weighted by Gasteiger charge is 2.26. The Balaban J connectivity index is 2.40. The molecule has 0 spiro atoms. The van der Waals surface area contributed by atoms with Crippen molar-refractivity contribution in [3.05, 3.63) is 96.6 Å². The maximum Gasteiger partial charge on any atom is 0.320 e. The van der Waals surface area contributed by atoms with E-state index in [0.717, 1.165) is 5.56 Å². The normalized spacial score (nSPS) is 11.5. The molecule has 2 rings (SSSR count). The van der Waals surface area contributed by atoms with Crippen LogP contribution in [0, 0.1) is 10.1 Å². The third-order valence-corrected chi connectivity index (χ3v) is 5.03. The molecule has 0 aliphatic heterocycles. The van der Waals surface area contributed by atoms with E-state index in [1.807, 2.05) is 48.5 Å². The molecule has 0 heterocycles. The zero-order valence-corrected chi connectivity index (χ0v) is 15.9. The number of para-hydroxylation sites is 1. The summed E-state index contributed by atoms with van der Waals surface area (Å²) < 4.78 is -0.360. The minimum atomic E-state index is -0.601. The molecule has 0 unspecified atom stereocenters. The Hall–Kier alpha value is -1.66. The van der Waals surface area contributed by atoms with Gasteiger partial charge in [0.1, 0.15) is 4.49 Å². The summed E-state index contributed by atoms with van der Waals surface area (Å²) in [5.41, 5.74) is 1.33. The molecule has 0 bridgehead atoms. The minimum absolute atomic E-state index is 0.254. The first-order chi connectivity index (χ1) is 12.0. The number of nitro groups is 1. The van der Waals surface area contributed by atoms with Crippen molar-refractivity contribution in [3.8, 4) is 0 Å². The summed E-state index contributed by atoms with van der Waals surface area (Å²) in [6.07, 6.45) is 0. The van der Waals surface area contributed by atoms with Crippen molar-refractivity contribution in [3.63, 3.8) is 0 Å². The Kier molecular flexibility index (Phi) is 7.65. The molecule has 0 aliphatic rings. The highest BCUT2D eigenvalue weighted by molar-refractivity contribution is 8.02.